The molecule has 1 aliphatic rings. The van der Waals surface area contributed by atoms with Crippen molar-refractivity contribution >= 4 is 11.4 Å². The van der Waals surface area contributed by atoms with E-state index in [9.17, 15) is 0 Å². The number of allylic oxidation sites excluding steroid dienone is 2. The van der Waals surface area contributed by atoms with Crippen LogP contribution in [0.4, 0.5) is 0 Å². The van der Waals surface area contributed by atoms with E-state index in [0.29, 0.717) is 31.3 Å². The van der Waals surface area contributed by atoms with Gasteiger partial charge in [-0.05, 0) is 53.0 Å². The van der Waals surface area contributed by atoms with E-state index in [1.54, 1.807) is 18.2 Å². The number of hydrogen-bond acceptors (Lipinski definition) is 5. The van der Waals surface area contributed by atoms with Crippen LogP contribution in [0.3, 0.4) is 0 Å². The van der Waals surface area contributed by atoms with Crippen LogP contribution in [0.2, 0.25) is 0 Å². The molecule has 0 saturated carbocycles. The maximum absolute atomic E-state index is 7.80. The van der Waals surface area contributed by atoms with E-state index in [1.165, 1.54) is 16.7 Å². The number of rotatable bonds is 8. The molecule has 0 spiro atoms. The van der Waals surface area contributed by atoms with E-state index < -0.39 is 0 Å². The first-order valence-corrected chi connectivity index (χ1v) is 10.8. The minimum absolute atomic E-state index is 0.181. The minimum Gasteiger partial charge on any atom is -0.489 e. The van der Waals surface area contributed by atoms with Crippen molar-refractivity contribution in [2.75, 3.05) is 6.61 Å². The fraction of sp³-hybridized carbons (Fsp3) is 0.143. The Hall–Kier alpha value is -3.96. The van der Waals surface area contributed by atoms with Crippen molar-refractivity contribution in [2.45, 2.75) is 20.1 Å². The van der Waals surface area contributed by atoms with Gasteiger partial charge in [-0.1, -0.05) is 60.7 Å². The molecule has 5 heteroatoms. The molecule has 0 aromatic heterocycles. The van der Waals surface area contributed by atoms with Gasteiger partial charge >= 0.3 is 0 Å². The predicted molar refractivity (Wildman–Crippen MR) is 133 cm³/mol. The highest BCUT2D eigenvalue weighted by Crippen LogP contribution is 2.29. The second-order valence-electron chi connectivity index (χ2n) is 7.89. The fourth-order valence-electron chi connectivity index (χ4n) is 3.70. The average molecular weight is 438 g/mol. The number of ether oxygens (including phenoxy) is 2. The first-order valence-electron chi connectivity index (χ1n) is 10.8. The largest absolute Gasteiger partial charge is 0.489 e. The van der Waals surface area contributed by atoms with Crippen LogP contribution in [0, 0.1) is 17.7 Å². The molecule has 0 aliphatic heterocycles. The zero-order chi connectivity index (χ0) is 23.2. The number of benzene rings is 3. The van der Waals surface area contributed by atoms with E-state index in [0.717, 1.165) is 16.7 Å². The summed E-state index contributed by atoms with van der Waals surface area (Å²) in [5, 5.41) is 15.4. The van der Waals surface area contributed by atoms with Crippen LogP contribution >= 0.6 is 0 Å². The lowest BCUT2D eigenvalue weighted by atomic mass is 9.97. The zero-order valence-electron chi connectivity index (χ0n) is 18.6. The smallest absolute Gasteiger partial charge is 0.127 e. The Labute approximate surface area is 194 Å². The molecule has 0 atom stereocenters. The Morgan fingerprint density at radius 1 is 0.788 bits per heavy atom. The summed E-state index contributed by atoms with van der Waals surface area (Å²) < 4.78 is 12.1. The number of nitrogens with one attached hydrogen (secondary N) is 2. The Balaban J connectivity index is 1.47. The van der Waals surface area contributed by atoms with Crippen molar-refractivity contribution in [1.82, 2.24) is 0 Å². The lowest BCUT2D eigenvalue weighted by molar-refractivity contribution is 0.300. The summed E-state index contributed by atoms with van der Waals surface area (Å²) in [4.78, 5) is 0. The normalized spacial score (nSPS) is 13.1. The molecule has 3 aromatic rings. The molecule has 4 rings (SSSR count). The van der Waals surface area contributed by atoms with Gasteiger partial charge in [0.1, 0.15) is 24.7 Å². The molecular formula is C28H27N3O2. The zero-order valence-corrected chi connectivity index (χ0v) is 18.6. The van der Waals surface area contributed by atoms with Crippen LogP contribution in [0.1, 0.15) is 16.7 Å². The van der Waals surface area contributed by atoms with Gasteiger partial charge < -0.3 is 15.2 Å². The van der Waals surface area contributed by atoms with Crippen molar-refractivity contribution in [2.24, 2.45) is 5.73 Å². The highest BCUT2D eigenvalue weighted by atomic mass is 16.5. The van der Waals surface area contributed by atoms with Crippen LogP contribution in [-0.4, -0.2) is 18.0 Å². The molecule has 1 aliphatic carbocycles. The van der Waals surface area contributed by atoms with Gasteiger partial charge in [-0.2, -0.15) is 0 Å². The average Bonchev–Trinajstić information content (AvgIpc) is 2.84. The van der Waals surface area contributed by atoms with E-state index in [4.69, 9.17) is 26.0 Å². The van der Waals surface area contributed by atoms with Gasteiger partial charge in [-0.3, -0.25) is 10.8 Å². The second kappa shape index (κ2) is 10.1. The van der Waals surface area contributed by atoms with Crippen molar-refractivity contribution in [3.63, 3.8) is 0 Å². The monoisotopic (exact) mass is 437 g/mol. The summed E-state index contributed by atoms with van der Waals surface area (Å²) in [6.45, 7) is 3.21. The highest BCUT2D eigenvalue weighted by Gasteiger charge is 2.11. The third-order valence-corrected chi connectivity index (χ3v) is 5.66. The first kappa shape index (κ1) is 22.2. The fourth-order valence-corrected chi connectivity index (χ4v) is 3.70. The third kappa shape index (κ3) is 5.27. The summed E-state index contributed by atoms with van der Waals surface area (Å²) in [5.41, 5.74) is 12.7. The van der Waals surface area contributed by atoms with E-state index in [-0.39, 0.29) is 11.4 Å². The van der Waals surface area contributed by atoms with Gasteiger partial charge in [0.2, 0.25) is 0 Å². The van der Waals surface area contributed by atoms with Crippen LogP contribution in [0.5, 0.6) is 11.5 Å². The topological polar surface area (TPSA) is 92.2 Å². The molecule has 0 radical (unpaired) electrons. The molecule has 4 N–H and O–H groups in total. The second-order valence-corrected chi connectivity index (χ2v) is 7.89. The number of nitrogens with two attached hydrogens (primary N) is 1. The first-order chi connectivity index (χ1) is 16.0. The lowest BCUT2D eigenvalue weighted by Crippen LogP contribution is -2.13. The predicted octanol–water partition coefficient (Wildman–Crippen LogP) is 5.61. The van der Waals surface area contributed by atoms with E-state index >= 15 is 0 Å². The van der Waals surface area contributed by atoms with Crippen molar-refractivity contribution in [3.05, 3.63) is 107 Å². The van der Waals surface area contributed by atoms with Crippen molar-refractivity contribution in [1.29, 1.82) is 10.8 Å². The molecule has 0 fully saturated rings. The molecule has 3 aromatic carbocycles. The van der Waals surface area contributed by atoms with E-state index in [1.807, 2.05) is 36.4 Å². The lowest BCUT2D eigenvalue weighted by Gasteiger charge is -2.16. The third-order valence-electron chi connectivity index (χ3n) is 5.66. The summed E-state index contributed by atoms with van der Waals surface area (Å²) in [5.74, 6) is 1.36. The SMILES string of the molecule is Cc1c(COc2ccc(CN)c(OCC3=CC(=N)C(=N)C=C3)c2)cccc1-c1ccccc1. The summed E-state index contributed by atoms with van der Waals surface area (Å²) in [6.07, 6.45) is 5.05. The summed E-state index contributed by atoms with van der Waals surface area (Å²) in [6, 6.07) is 22.3. The maximum Gasteiger partial charge on any atom is 0.127 e. The van der Waals surface area contributed by atoms with E-state index in [2.05, 4.69) is 37.3 Å². The minimum atomic E-state index is 0.181. The Morgan fingerprint density at radius 2 is 1.61 bits per heavy atom. The molecule has 0 heterocycles. The Kier molecular flexibility index (Phi) is 6.81. The van der Waals surface area contributed by atoms with Gasteiger partial charge in [0.05, 0.1) is 11.4 Å². The summed E-state index contributed by atoms with van der Waals surface area (Å²) >= 11 is 0. The molecular weight excluding hydrogens is 410 g/mol. The molecule has 33 heavy (non-hydrogen) atoms. The van der Waals surface area contributed by atoms with Crippen LogP contribution in [0.15, 0.2) is 90.5 Å². The van der Waals surface area contributed by atoms with Crippen LogP contribution in [0.25, 0.3) is 11.1 Å². The van der Waals surface area contributed by atoms with Gasteiger partial charge in [-0.15, -0.1) is 0 Å². The Bertz CT molecular complexity index is 1240. The summed E-state index contributed by atoms with van der Waals surface area (Å²) in [7, 11) is 0. The molecule has 0 saturated heterocycles. The standard InChI is InChI=1S/C28H27N3O2/c1-19-23(8-5-9-25(19)21-6-3-2-4-7-21)18-32-24-12-11-22(16-29)28(15-24)33-17-20-10-13-26(30)27(31)14-20/h2-15,30-31H,16-18,29H2,1H3. The molecule has 166 valence electrons. The van der Waals surface area contributed by atoms with Crippen LogP contribution < -0.4 is 15.2 Å². The van der Waals surface area contributed by atoms with Gasteiger partial charge in [-0.25, -0.2) is 0 Å². The number of hydrogen-bond donors (Lipinski definition) is 3. The van der Waals surface area contributed by atoms with Gasteiger partial charge in [0.15, 0.2) is 0 Å². The van der Waals surface area contributed by atoms with Crippen molar-refractivity contribution in [3.8, 4) is 22.6 Å². The Morgan fingerprint density at radius 3 is 2.36 bits per heavy atom. The van der Waals surface area contributed by atoms with Gasteiger partial charge in [0.25, 0.3) is 0 Å². The quantitative estimate of drug-likeness (QED) is 0.400. The molecule has 0 amide bonds. The highest BCUT2D eigenvalue weighted by molar-refractivity contribution is 6.49. The van der Waals surface area contributed by atoms with Crippen molar-refractivity contribution < 1.29 is 9.47 Å². The van der Waals surface area contributed by atoms with Crippen LogP contribution in [-0.2, 0) is 13.2 Å². The van der Waals surface area contributed by atoms with Gasteiger partial charge in [0, 0.05) is 18.2 Å². The molecule has 0 bridgehead atoms. The maximum atomic E-state index is 7.80. The molecule has 5 nitrogen and oxygen atoms in total. The molecule has 0 unspecified atom stereocenters.